The third-order valence-electron chi connectivity index (χ3n) is 3.00. The number of hydrogen-bond donors (Lipinski definition) is 1. The van der Waals surface area contributed by atoms with Crippen LogP contribution in [-0.2, 0) is 0 Å². The van der Waals surface area contributed by atoms with Crippen LogP contribution < -0.4 is 10.2 Å². The number of nitrogens with one attached hydrogen (secondary N) is 1. The Morgan fingerprint density at radius 2 is 2.11 bits per heavy atom. The summed E-state index contributed by atoms with van der Waals surface area (Å²) in [5.41, 5.74) is 1.18. The number of hydrogen-bond acceptors (Lipinski definition) is 4. The molecule has 2 aromatic rings. The van der Waals surface area contributed by atoms with E-state index >= 15 is 0 Å². The molecule has 0 amide bonds. The van der Waals surface area contributed by atoms with E-state index in [-0.39, 0.29) is 0 Å². The summed E-state index contributed by atoms with van der Waals surface area (Å²) >= 11 is 5.21. The molecule has 1 N–H and O–H groups in total. The maximum Gasteiger partial charge on any atom is 0.140 e. The summed E-state index contributed by atoms with van der Waals surface area (Å²) in [7, 11) is 0. The van der Waals surface area contributed by atoms with Crippen molar-refractivity contribution in [3.63, 3.8) is 0 Å². The zero-order valence-electron chi connectivity index (χ0n) is 9.90. The van der Waals surface area contributed by atoms with Crippen LogP contribution in [0.15, 0.2) is 34.1 Å². The highest BCUT2D eigenvalue weighted by molar-refractivity contribution is 9.10. The predicted molar refractivity (Wildman–Crippen MR) is 80.3 cm³/mol. The number of rotatable bonds is 2. The molecule has 94 valence electrons. The van der Waals surface area contributed by atoms with Crippen LogP contribution in [-0.4, -0.2) is 31.2 Å². The Kier molecular flexibility index (Phi) is 3.63. The Hall–Kier alpha value is -0.910. The number of piperazine rings is 1. The van der Waals surface area contributed by atoms with E-state index in [1.807, 2.05) is 12.1 Å². The van der Waals surface area contributed by atoms with Gasteiger partial charge in [0.05, 0.1) is 0 Å². The molecule has 0 aliphatic carbocycles. The van der Waals surface area contributed by atoms with E-state index in [4.69, 9.17) is 4.98 Å². The van der Waals surface area contributed by atoms with Gasteiger partial charge in [-0.2, -0.15) is 0 Å². The lowest BCUT2D eigenvalue weighted by Gasteiger charge is -2.27. The summed E-state index contributed by atoms with van der Waals surface area (Å²) in [5.74, 6) is 1.11. The fraction of sp³-hybridized carbons (Fsp3) is 0.308. The Labute approximate surface area is 119 Å². The van der Waals surface area contributed by atoms with Crippen molar-refractivity contribution >= 4 is 33.1 Å². The summed E-state index contributed by atoms with van der Waals surface area (Å²) in [4.78, 5) is 7.08. The highest BCUT2D eigenvalue weighted by Crippen LogP contribution is 2.29. The number of thiazole rings is 1. The Morgan fingerprint density at radius 1 is 1.28 bits per heavy atom. The number of anilines is 1. The molecular weight excluding hydrogens is 310 g/mol. The topological polar surface area (TPSA) is 28.2 Å². The van der Waals surface area contributed by atoms with Crippen molar-refractivity contribution in [3.8, 4) is 10.6 Å². The number of benzene rings is 1. The van der Waals surface area contributed by atoms with Gasteiger partial charge in [0.25, 0.3) is 0 Å². The summed E-state index contributed by atoms with van der Waals surface area (Å²) in [6.07, 6.45) is 0. The van der Waals surface area contributed by atoms with Crippen molar-refractivity contribution in [3.05, 3.63) is 34.1 Å². The quantitative estimate of drug-likeness (QED) is 0.920. The second-order valence-corrected chi connectivity index (χ2v) is 6.03. The number of aromatic nitrogens is 1. The Morgan fingerprint density at radius 3 is 2.89 bits per heavy atom. The average molecular weight is 324 g/mol. The van der Waals surface area contributed by atoms with Crippen molar-refractivity contribution in [2.75, 3.05) is 31.1 Å². The molecule has 0 unspecified atom stereocenters. The maximum atomic E-state index is 4.74. The molecule has 0 atom stereocenters. The van der Waals surface area contributed by atoms with E-state index in [2.05, 4.69) is 43.7 Å². The predicted octanol–water partition coefficient (Wildman–Crippen LogP) is 2.98. The van der Waals surface area contributed by atoms with Gasteiger partial charge in [0.2, 0.25) is 0 Å². The minimum Gasteiger partial charge on any atom is -0.353 e. The van der Waals surface area contributed by atoms with Gasteiger partial charge in [-0.05, 0) is 12.1 Å². The van der Waals surface area contributed by atoms with Crippen LogP contribution in [0.4, 0.5) is 5.82 Å². The number of halogens is 1. The lowest BCUT2D eigenvalue weighted by molar-refractivity contribution is 0.586. The van der Waals surface area contributed by atoms with E-state index in [1.54, 1.807) is 11.3 Å². The number of nitrogens with zero attached hydrogens (tertiary/aromatic N) is 2. The van der Waals surface area contributed by atoms with E-state index in [9.17, 15) is 0 Å². The first kappa shape index (κ1) is 12.1. The van der Waals surface area contributed by atoms with Gasteiger partial charge in [-0.15, -0.1) is 11.3 Å². The van der Waals surface area contributed by atoms with E-state index in [1.165, 1.54) is 5.56 Å². The Balaban J connectivity index is 1.84. The van der Waals surface area contributed by atoms with Crippen molar-refractivity contribution in [2.24, 2.45) is 0 Å². The first-order chi connectivity index (χ1) is 8.83. The van der Waals surface area contributed by atoms with Crippen molar-refractivity contribution in [1.82, 2.24) is 10.3 Å². The minimum atomic E-state index is 1.04. The molecule has 1 aromatic carbocycles. The van der Waals surface area contributed by atoms with Crippen LogP contribution >= 0.6 is 27.3 Å². The van der Waals surface area contributed by atoms with Crippen molar-refractivity contribution < 1.29 is 0 Å². The molecule has 0 radical (unpaired) electrons. The summed E-state index contributed by atoms with van der Waals surface area (Å²) in [6, 6.07) is 8.30. The minimum absolute atomic E-state index is 1.04. The molecular formula is C13H14BrN3S. The molecule has 1 saturated heterocycles. The van der Waals surface area contributed by atoms with Gasteiger partial charge in [-0.1, -0.05) is 28.1 Å². The van der Waals surface area contributed by atoms with Crippen molar-refractivity contribution in [1.29, 1.82) is 0 Å². The molecule has 0 bridgehead atoms. The first-order valence-electron chi connectivity index (χ1n) is 6.00. The van der Waals surface area contributed by atoms with Gasteiger partial charge in [0.1, 0.15) is 10.8 Å². The lowest BCUT2D eigenvalue weighted by atomic mass is 10.2. The molecule has 2 heterocycles. The molecule has 18 heavy (non-hydrogen) atoms. The summed E-state index contributed by atoms with van der Waals surface area (Å²) in [5, 5.41) is 6.60. The zero-order chi connectivity index (χ0) is 12.4. The summed E-state index contributed by atoms with van der Waals surface area (Å²) < 4.78 is 1.10. The normalized spacial score (nSPS) is 15.9. The van der Waals surface area contributed by atoms with Gasteiger partial charge in [-0.3, -0.25) is 0 Å². The fourth-order valence-corrected chi connectivity index (χ4v) is 3.29. The van der Waals surface area contributed by atoms with Crippen LogP contribution in [0.3, 0.4) is 0 Å². The highest BCUT2D eigenvalue weighted by atomic mass is 79.9. The highest BCUT2D eigenvalue weighted by Gasteiger charge is 2.14. The molecule has 3 nitrogen and oxygen atoms in total. The smallest absolute Gasteiger partial charge is 0.140 e. The average Bonchev–Trinajstić information content (AvgIpc) is 2.89. The van der Waals surface area contributed by atoms with Crippen LogP contribution in [0.1, 0.15) is 0 Å². The van der Waals surface area contributed by atoms with Crippen LogP contribution in [0.2, 0.25) is 0 Å². The van der Waals surface area contributed by atoms with E-state index < -0.39 is 0 Å². The zero-order valence-corrected chi connectivity index (χ0v) is 12.3. The van der Waals surface area contributed by atoms with Gasteiger partial charge >= 0.3 is 0 Å². The van der Waals surface area contributed by atoms with Gasteiger partial charge < -0.3 is 10.2 Å². The third-order valence-corrected chi connectivity index (χ3v) is 4.38. The van der Waals surface area contributed by atoms with E-state index in [0.717, 1.165) is 41.5 Å². The Bertz CT molecular complexity index is 535. The fourth-order valence-electron chi connectivity index (χ4n) is 2.06. The lowest BCUT2D eigenvalue weighted by Crippen LogP contribution is -2.43. The van der Waals surface area contributed by atoms with Crippen molar-refractivity contribution in [2.45, 2.75) is 0 Å². The molecule has 5 heteroatoms. The molecule has 1 fully saturated rings. The van der Waals surface area contributed by atoms with E-state index in [0.29, 0.717) is 0 Å². The van der Waals surface area contributed by atoms with Crippen LogP contribution in [0.5, 0.6) is 0 Å². The standard InChI is InChI=1S/C13H14BrN3S/c14-11-3-1-2-10(8-11)13-16-12(9-18-13)17-6-4-15-5-7-17/h1-3,8-9,15H,4-7H2. The largest absolute Gasteiger partial charge is 0.353 e. The van der Waals surface area contributed by atoms with Gasteiger partial charge in [0, 0.05) is 41.6 Å². The van der Waals surface area contributed by atoms with Crippen LogP contribution in [0.25, 0.3) is 10.6 Å². The molecule has 0 spiro atoms. The molecule has 1 aromatic heterocycles. The van der Waals surface area contributed by atoms with Gasteiger partial charge in [-0.25, -0.2) is 4.98 Å². The maximum absolute atomic E-state index is 4.74. The molecule has 1 aliphatic heterocycles. The van der Waals surface area contributed by atoms with Gasteiger partial charge in [0.15, 0.2) is 0 Å². The SMILES string of the molecule is Brc1cccc(-c2nc(N3CCNCC3)cs2)c1. The van der Waals surface area contributed by atoms with Crippen LogP contribution in [0, 0.1) is 0 Å². The first-order valence-corrected chi connectivity index (χ1v) is 7.67. The molecule has 1 aliphatic rings. The monoisotopic (exact) mass is 323 g/mol. The summed E-state index contributed by atoms with van der Waals surface area (Å²) in [6.45, 7) is 4.18. The molecule has 0 saturated carbocycles. The third kappa shape index (κ3) is 2.58. The second-order valence-electron chi connectivity index (χ2n) is 4.26. The second kappa shape index (κ2) is 5.38. The molecule has 3 rings (SSSR count).